The Kier molecular flexibility index (Phi) is 9.34. The van der Waals surface area contributed by atoms with Gasteiger partial charge in [0.25, 0.3) is 0 Å². The number of allylic oxidation sites excluding steroid dienone is 2. The summed E-state index contributed by atoms with van der Waals surface area (Å²) in [7, 11) is 0. The van der Waals surface area contributed by atoms with Gasteiger partial charge in [-0.3, -0.25) is 0 Å². The van der Waals surface area contributed by atoms with Crippen molar-refractivity contribution in [1.82, 2.24) is 0 Å². The van der Waals surface area contributed by atoms with Crippen LogP contribution in [0.25, 0.3) is 0 Å². The van der Waals surface area contributed by atoms with Crippen LogP contribution >= 0.6 is 0 Å². The number of ether oxygens (including phenoxy) is 1. The molecule has 0 saturated heterocycles. The molecule has 1 heteroatoms. The van der Waals surface area contributed by atoms with Crippen molar-refractivity contribution in [3.8, 4) is 0 Å². The molecule has 1 nitrogen and oxygen atoms in total. The lowest BCUT2D eigenvalue weighted by Crippen LogP contribution is -2.26. The van der Waals surface area contributed by atoms with E-state index in [9.17, 15) is 0 Å². The molecule has 0 bridgehead atoms. The van der Waals surface area contributed by atoms with Gasteiger partial charge in [-0.1, -0.05) is 38.8 Å². The second-order valence-corrected chi connectivity index (χ2v) is 8.10. The van der Waals surface area contributed by atoms with Gasteiger partial charge < -0.3 is 4.74 Å². The normalized spacial score (nSPS) is 32.4. The molecule has 0 aromatic heterocycles. The molecule has 0 spiro atoms. The molecule has 0 unspecified atom stereocenters. The molecule has 2 aliphatic carbocycles. The monoisotopic (exact) mass is 320 g/mol. The van der Waals surface area contributed by atoms with Crippen molar-refractivity contribution in [2.75, 3.05) is 13.2 Å². The fourth-order valence-electron chi connectivity index (χ4n) is 4.64. The molecule has 0 atom stereocenters. The molecule has 2 rings (SSSR count). The van der Waals surface area contributed by atoms with E-state index >= 15 is 0 Å². The highest BCUT2D eigenvalue weighted by atomic mass is 16.5. The minimum Gasteiger partial charge on any atom is -0.381 e. The zero-order chi connectivity index (χ0) is 16.3. The molecule has 0 radical (unpaired) electrons. The first kappa shape index (κ1) is 19.0. The Balaban J connectivity index is 1.60. The first-order chi connectivity index (χ1) is 11.3. The van der Waals surface area contributed by atoms with Crippen LogP contribution in [0.3, 0.4) is 0 Å². The highest BCUT2D eigenvalue weighted by Gasteiger charge is 2.30. The summed E-state index contributed by atoms with van der Waals surface area (Å²) in [6.45, 7) is 6.46. The van der Waals surface area contributed by atoms with Crippen LogP contribution in [-0.4, -0.2) is 13.2 Å². The fourth-order valence-corrected chi connectivity index (χ4v) is 4.64. The minimum absolute atomic E-state index is 0.857. The first-order valence-corrected chi connectivity index (χ1v) is 10.6. The zero-order valence-corrected chi connectivity index (χ0v) is 15.8. The third kappa shape index (κ3) is 6.99. The van der Waals surface area contributed by atoms with E-state index in [2.05, 4.69) is 26.0 Å². The molecule has 23 heavy (non-hydrogen) atoms. The van der Waals surface area contributed by atoms with E-state index in [-0.39, 0.29) is 0 Å². The summed E-state index contributed by atoms with van der Waals surface area (Å²) >= 11 is 0. The Hall–Kier alpha value is -0.300. The van der Waals surface area contributed by atoms with Gasteiger partial charge >= 0.3 is 0 Å². The maximum absolute atomic E-state index is 5.76. The Morgan fingerprint density at radius 1 is 0.826 bits per heavy atom. The standard InChI is InChI=1S/C22H40O/c1-3-5-6-7-8-19-9-13-21(14-10-19)22-15-11-20(12-16-22)18-23-17-4-2/h7-8,19-22H,3-6,9-18H2,1-2H3/b8-7+. The van der Waals surface area contributed by atoms with Crippen LogP contribution in [-0.2, 0) is 4.74 Å². The lowest BCUT2D eigenvalue weighted by molar-refractivity contribution is 0.0662. The van der Waals surface area contributed by atoms with Crippen LogP contribution < -0.4 is 0 Å². The van der Waals surface area contributed by atoms with E-state index in [1.54, 1.807) is 0 Å². The van der Waals surface area contributed by atoms with E-state index in [4.69, 9.17) is 4.74 Å². The third-order valence-corrected chi connectivity index (χ3v) is 6.21. The van der Waals surface area contributed by atoms with Gasteiger partial charge in [0, 0.05) is 13.2 Å². The maximum Gasteiger partial charge on any atom is 0.0494 e. The molecule has 0 heterocycles. The summed E-state index contributed by atoms with van der Waals surface area (Å²) in [5.41, 5.74) is 0. The van der Waals surface area contributed by atoms with Crippen molar-refractivity contribution in [2.24, 2.45) is 23.7 Å². The smallest absolute Gasteiger partial charge is 0.0494 e. The second-order valence-electron chi connectivity index (χ2n) is 8.10. The molecular formula is C22H40O. The largest absolute Gasteiger partial charge is 0.381 e. The number of hydrogen-bond acceptors (Lipinski definition) is 1. The van der Waals surface area contributed by atoms with E-state index in [0.717, 1.165) is 43.3 Å². The number of rotatable bonds is 9. The van der Waals surface area contributed by atoms with Crippen molar-refractivity contribution < 1.29 is 4.74 Å². The van der Waals surface area contributed by atoms with Crippen molar-refractivity contribution in [1.29, 1.82) is 0 Å². The summed E-state index contributed by atoms with van der Waals surface area (Å²) in [5.74, 6) is 3.81. The number of hydrogen-bond donors (Lipinski definition) is 0. The molecule has 0 aliphatic heterocycles. The molecule has 0 aromatic carbocycles. The van der Waals surface area contributed by atoms with Crippen molar-refractivity contribution in [3.63, 3.8) is 0 Å². The predicted octanol–water partition coefficient (Wildman–Crippen LogP) is 6.77. The molecule has 2 saturated carbocycles. The lowest BCUT2D eigenvalue weighted by atomic mass is 9.69. The van der Waals surface area contributed by atoms with Crippen LogP contribution in [0.15, 0.2) is 12.2 Å². The lowest BCUT2D eigenvalue weighted by Gasteiger charge is -2.37. The van der Waals surface area contributed by atoms with Gasteiger partial charge in [-0.15, -0.1) is 0 Å². The summed E-state index contributed by atoms with van der Waals surface area (Å²) in [4.78, 5) is 0. The van der Waals surface area contributed by atoms with E-state index in [0.29, 0.717) is 0 Å². The van der Waals surface area contributed by atoms with Crippen molar-refractivity contribution >= 4 is 0 Å². The number of unbranched alkanes of at least 4 members (excludes halogenated alkanes) is 2. The van der Waals surface area contributed by atoms with Gasteiger partial charge in [0.2, 0.25) is 0 Å². The van der Waals surface area contributed by atoms with Crippen molar-refractivity contribution in [2.45, 2.75) is 90.9 Å². The SMILES string of the molecule is CCCC/C=C/C1CCC(C2CCC(COCCC)CC2)CC1. The second kappa shape index (κ2) is 11.3. The van der Waals surface area contributed by atoms with Crippen LogP contribution in [0.1, 0.15) is 90.9 Å². The van der Waals surface area contributed by atoms with Gasteiger partial charge in [0.05, 0.1) is 0 Å². The summed E-state index contributed by atoms with van der Waals surface area (Å²) < 4.78 is 5.76. The molecule has 0 amide bonds. The summed E-state index contributed by atoms with van der Waals surface area (Å²) in [5, 5.41) is 0. The molecular weight excluding hydrogens is 280 g/mol. The van der Waals surface area contributed by atoms with Crippen molar-refractivity contribution in [3.05, 3.63) is 12.2 Å². The average Bonchev–Trinajstić information content (AvgIpc) is 2.60. The van der Waals surface area contributed by atoms with Gasteiger partial charge in [-0.05, 0) is 87.9 Å². The highest BCUT2D eigenvalue weighted by Crippen LogP contribution is 2.41. The van der Waals surface area contributed by atoms with Crippen LogP contribution in [0, 0.1) is 23.7 Å². The van der Waals surface area contributed by atoms with Gasteiger partial charge in [-0.2, -0.15) is 0 Å². The quantitative estimate of drug-likeness (QED) is 0.336. The average molecular weight is 321 g/mol. The maximum atomic E-state index is 5.76. The highest BCUT2D eigenvalue weighted by molar-refractivity contribution is 4.92. The first-order valence-electron chi connectivity index (χ1n) is 10.6. The van der Waals surface area contributed by atoms with Crippen LogP contribution in [0.4, 0.5) is 0 Å². The van der Waals surface area contributed by atoms with Crippen LogP contribution in [0.2, 0.25) is 0 Å². The van der Waals surface area contributed by atoms with Gasteiger partial charge in [0.1, 0.15) is 0 Å². The molecule has 0 N–H and O–H groups in total. The minimum atomic E-state index is 0.857. The predicted molar refractivity (Wildman–Crippen MR) is 101 cm³/mol. The fraction of sp³-hybridized carbons (Fsp3) is 0.909. The Morgan fingerprint density at radius 2 is 1.48 bits per heavy atom. The Bertz CT molecular complexity index is 306. The molecule has 134 valence electrons. The van der Waals surface area contributed by atoms with Crippen LogP contribution in [0.5, 0.6) is 0 Å². The molecule has 2 fully saturated rings. The Labute approximate surface area is 145 Å². The summed E-state index contributed by atoms with van der Waals surface area (Å²) in [6.07, 6.45) is 21.8. The van der Waals surface area contributed by atoms with E-state index in [1.165, 1.54) is 70.6 Å². The van der Waals surface area contributed by atoms with Gasteiger partial charge in [-0.25, -0.2) is 0 Å². The topological polar surface area (TPSA) is 9.23 Å². The zero-order valence-electron chi connectivity index (χ0n) is 15.8. The van der Waals surface area contributed by atoms with E-state index in [1.807, 2.05) is 0 Å². The molecule has 0 aromatic rings. The van der Waals surface area contributed by atoms with Gasteiger partial charge in [0.15, 0.2) is 0 Å². The Morgan fingerprint density at radius 3 is 2.09 bits per heavy atom. The van der Waals surface area contributed by atoms with E-state index < -0.39 is 0 Å². The third-order valence-electron chi connectivity index (χ3n) is 6.21. The summed E-state index contributed by atoms with van der Waals surface area (Å²) in [6, 6.07) is 0. The molecule has 2 aliphatic rings.